The molecule has 0 aliphatic rings. The van der Waals surface area contributed by atoms with Crippen molar-refractivity contribution in [2.45, 2.75) is 20.2 Å². The first-order valence-electron chi connectivity index (χ1n) is 10.7. The average molecular weight is 505 g/mol. The maximum absolute atomic E-state index is 13.7. The minimum absolute atomic E-state index is 0.0463. The highest BCUT2D eigenvalue weighted by molar-refractivity contribution is 6.17. The predicted molar refractivity (Wildman–Crippen MR) is 125 cm³/mol. The Morgan fingerprint density at radius 2 is 1.50 bits per heavy atom. The summed E-state index contributed by atoms with van der Waals surface area (Å²) >= 11 is 0. The molecule has 0 aromatic heterocycles. The number of methoxy groups -OCH3 is 1. The highest BCUT2D eigenvalue weighted by atomic mass is 19.4. The molecule has 1 N–H and O–H groups in total. The number of halogens is 4. The standard InChI is InChI=1S/C26H23F4NO5/c1-4-34-25(32)24(16(2)31-18-7-14-22(27)23(15-18)33-3)17-5-8-19(9-6-17)35-20-10-12-21(13-11-20)36-26(28,29)30/h5-15,31H,4H2,1-3H3. The van der Waals surface area contributed by atoms with Gasteiger partial charge < -0.3 is 24.3 Å². The summed E-state index contributed by atoms with van der Waals surface area (Å²) in [7, 11) is 1.35. The Balaban J connectivity index is 1.82. The molecule has 190 valence electrons. The number of allylic oxidation sites excluding steroid dienone is 1. The summed E-state index contributed by atoms with van der Waals surface area (Å²) in [5.74, 6) is -0.720. The zero-order chi connectivity index (χ0) is 26.3. The third kappa shape index (κ3) is 7.14. The summed E-state index contributed by atoms with van der Waals surface area (Å²) in [6.07, 6.45) is -4.78. The summed E-state index contributed by atoms with van der Waals surface area (Å²) in [4.78, 5) is 12.7. The van der Waals surface area contributed by atoms with Crippen molar-refractivity contribution >= 4 is 17.2 Å². The minimum Gasteiger partial charge on any atom is -0.494 e. The number of ether oxygens (including phenoxy) is 4. The minimum atomic E-state index is -4.78. The normalized spacial score (nSPS) is 11.9. The third-order valence-corrected chi connectivity index (χ3v) is 4.77. The van der Waals surface area contributed by atoms with Crippen LogP contribution in [0.4, 0.5) is 23.2 Å². The van der Waals surface area contributed by atoms with Crippen LogP contribution in [0.25, 0.3) is 5.57 Å². The fourth-order valence-corrected chi connectivity index (χ4v) is 3.24. The fourth-order valence-electron chi connectivity index (χ4n) is 3.24. The van der Waals surface area contributed by atoms with Crippen LogP contribution in [-0.2, 0) is 9.53 Å². The molecule has 10 heteroatoms. The quantitative estimate of drug-likeness (QED) is 0.193. The van der Waals surface area contributed by atoms with Crippen LogP contribution in [0.5, 0.6) is 23.0 Å². The smallest absolute Gasteiger partial charge is 0.494 e. The Morgan fingerprint density at radius 1 is 0.917 bits per heavy atom. The number of anilines is 1. The Bertz CT molecular complexity index is 1220. The molecular formula is C26H23F4NO5. The second-order valence-corrected chi connectivity index (χ2v) is 7.34. The van der Waals surface area contributed by atoms with E-state index in [9.17, 15) is 22.4 Å². The molecule has 0 radical (unpaired) electrons. The van der Waals surface area contributed by atoms with E-state index in [0.29, 0.717) is 28.4 Å². The largest absolute Gasteiger partial charge is 0.573 e. The number of alkyl halides is 3. The molecular weight excluding hydrogens is 482 g/mol. The van der Waals surface area contributed by atoms with Crippen LogP contribution < -0.4 is 19.5 Å². The zero-order valence-electron chi connectivity index (χ0n) is 19.6. The average Bonchev–Trinajstić information content (AvgIpc) is 2.82. The molecule has 0 heterocycles. The Morgan fingerprint density at radius 3 is 2.06 bits per heavy atom. The zero-order valence-corrected chi connectivity index (χ0v) is 19.6. The van der Waals surface area contributed by atoms with Crippen molar-refractivity contribution < 1.29 is 41.3 Å². The van der Waals surface area contributed by atoms with Crippen molar-refractivity contribution in [1.29, 1.82) is 0 Å². The van der Waals surface area contributed by atoms with Crippen LogP contribution in [0.1, 0.15) is 19.4 Å². The van der Waals surface area contributed by atoms with Crippen molar-refractivity contribution in [2.75, 3.05) is 19.0 Å². The second kappa shape index (κ2) is 11.5. The Hall–Kier alpha value is -4.21. The number of esters is 1. The molecule has 0 fully saturated rings. The van der Waals surface area contributed by atoms with E-state index in [2.05, 4.69) is 10.1 Å². The van der Waals surface area contributed by atoms with Crippen molar-refractivity contribution in [1.82, 2.24) is 0 Å². The van der Waals surface area contributed by atoms with Gasteiger partial charge in [-0.2, -0.15) is 0 Å². The summed E-state index contributed by atoms with van der Waals surface area (Å²) in [6, 6.07) is 15.6. The van der Waals surface area contributed by atoms with E-state index in [0.717, 1.165) is 12.1 Å². The Kier molecular flexibility index (Phi) is 8.42. The molecule has 3 aromatic carbocycles. The van der Waals surface area contributed by atoms with Gasteiger partial charge in [0.05, 0.1) is 19.3 Å². The van der Waals surface area contributed by atoms with Gasteiger partial charge in [-0.1, -0.05) is 12.1 Å². The maximum Gasteiger partial charge on any atom is 0.573 e. The first-order valence-corrected chi connectivity index (χ1v) is 10.7. The van der Waals surface area contributed by atoms with Gasteiger partial charge in [0.1, 0.15) is 17.2 Å². The second-order valence-electron chi connectivity index (χ2n) is 7.34. The first-order chi connectivity index (χ1) is 17.1. The van der Waals surface area contributed by atoms with Crippen LogP contribution in [0, 0.1) is 5.82 Å². The molecule has 0 aliphatic heterocycles. The number of nitrogens with one attached hydrogen (secondary N) is 1. The summed E-state index contributed by atoms with van der Waals surface area (Å²) < 4.78 is 70.4. The molecule has 0 saturated heterocycles. The molecule has 0 unspecified atom stereocenters. The molecule has 0 atom stereocenters. The lowest BCUT2D eigenvalue weighted by atomic mass is 10.0. The lowest BCUT2D eigenvalue weighted by molar-refractivity contribution is -0.274. The van der Waals surface area contributed by atoms with E-state index in [4.69, 9.17) is 14.2 Å². The lowest BCUT2D eigenvalue weighted by Crippen LogP contribution is -2.16. The van der Waals surface area contributed by atoms with Crippen molar-refractivity contribution in [3.8, 4) is 23.0 Å². The van der Waals surface area contributed by atoms with Gasteiger partial charge in [-0.25, -0.2) is 9.18 Å². The molecule has 3 rings (SSSR count). The van der Waals surface area contributed by atoms with E-state index in [1.54, 1.807) is 38.1 Å². The predicted octanol–water partition coefficient (Wildman–Crippen LogP) is 6.93. The van der Waals surface area contributed by atoms with Gasteiger partial charge in [0.25, 0.3) is 0 Å². The molecule has 0 bridgehead atoms. The third-order valence-electron chi connectivity index (χ3n) is 4.77. The molecule has 3 aromatic rings. The van der Waals surface area contributed by atoms with Gasteiger partial charge >= 0.3 is 12.3 Å². The highest BCUT2D eigenvalue weighted by Gasteiger charge is 2.31. The highest BCUT2D eigenvalue weighted by Crippen LogP contribution is 2.30. The first kappa shape index (κ1) is 26.4. The number of hydrogen-bond donors (Lipinski definition) is 1. The van der Waals surface area contributed by atoms with E-state index in [1.807, 2.05) is 0 Å². The SMILES string of the molecule is CCOC(=O)C(=C(C)Nc1ccc(F)c(OC)c1)c1ccc(Oc2ccc(OC(F)(F)F)cc2)cc1. The van der Waals surface area contributed by atoms with Crippen LogP contribution >= 0.6 is 0 Å². The molecule has 36 heavy (non-hydrogen) atoms. The monoisotopic (exact) mass is 505 g/mol. The molecule has 0 saturated carbocycles. The van der Waals surface area contributed by atoms with Gasteiger partial charge in [0.2, 0.25) is 0 Å². The van der Waals surface area contributed by atoms with Gasteiger partial charge in [-0.3, -0.25) is 0 Å². The van der Waals surface area contributed by atoms with Crippen LogP contribution in [0.3, 0.4) is 0 Å². The van der Waals surface area contributed by atoms with E-state index in [-0.39, 0.29) is 23.7 Å². The van der Waals surface area contributed by atoms with E-state index >= 15 is 0 Å². The van der Waals surface area contributed by atoms with E-state index in [1.165, 1.54) is 37.4 Å². The van der Waals surface area contributed by atoms with E-state index < -0.39 is 18.1 Å². The number of rotatable bonds is 9. The van der Waals surface area contributed by atoms with Crippen LogP contribution in [0.15, 0.2) is 72.4 Å². The number of carbonyl (C=O) groups is 1. The Labute approximate surface area is 205 Å². The molecule has 0 aliphatic carbocycles. The number of carbonyl (C=O) groups excluding carboxylic acids is 1. The molecule has 0 amide bonds. The number of benzene rings is 3. The summed E-state index contributed by atoms with van der Waals surface area (Å²) in [5.41, 5.74) is 1.73. The van der Waals surface area contributed by atoms with Crippen LogP contribution in [0.2, 0.25) is 0 Å². The van der Waals surface area contributed by atoms with Crippen LogP contribution in [-0.4, -0.2) is 26.0 Å². The summed E-state index contributed by atoms with van der Waals surface area (Å²) in [6.45, 7) is 3.53. The van der Waals surface area contributed by atoms with Gasteiger partial charge in [-0.15, -0.1) is 13.2 Å². The molecule has 6 nitrogen and oxygen atoms in total. The van der Waals surface area contributed by atoms with Gasteiger partial charge in [0, 0.05) is 17.5 Å². The van der Waals surface area contributed by atoms with Crippen molar-refractivity contribution in [3.63, 3.8) is 0 Å². The summed E-state index contributed by atoms with van der Waals surface area (Å²) in [5, 5.41) is 3.07. The fraction of sp³-hybridized carbons (Fsp3) is 0.192. The molecule has 0 spiro atoms. The van der Waals surface area contributed by atoms with Crippen molar-refractivity contribution in [2.24, 2.45) is 0 Å². The topological polar surface area (TPSA) is 66.0 Å². The van der Waals surface area contributed by atoms with Gasteiger partial charge in [-0.05, 0) is 67.9 Å². The lowest BCUT2D eigenvalue weighted by Gasteiger charge is -2.15. The van der Waals surface area contributed by atoms with Gasteiger partial charge in [0.15, 0.2) is 11.6 Å². The van der Waals surface area contributed by atoms with Crippen molar-refractivity contribution in [3.05, 3.63) is 83.8 Å². The maximum atomic E-state index is 13.7. The number of hydrogen-bond acceptors (Lipinski definition) is 6.